The smallest absolute Gasteiger partial charge is 0.0961 e. The molecule has 0 aliphatic carbocycles. The second kappa shape index (κ2) is 4.84. The van der Waals surface area contributed by atoms with Crippen LogP contribution in [0.5, 0.6) is 0 Å². The average Bonchev–Trinajstić information content (AvgIpc) is 2.47. The van der Waals surface area contributed by atoms with Crippen molar-refractivity contribution >= 4 is 35.8 Å². The Morgan fingerprint density at radius 2 is 1.93 bits per heavy atom. The fraction of sp³-hybridized carbons (Fsp3) is 0.300. The van der Waals surface area contributed by atoms with Crippen LogP contribution in [0.1, 0.15) is 6.04 Å². The van der Waals surface area contributed by atoms with Crippen LogP contribution in [0.25, 0.3) is 11.0 Å². The minimum absolute atomic E-state index is 0. The molecule has 0 saturated carbocycles. The van der Waals surface area contributed by atoms with Crippen LogP contribution in [0, 0.1) is 0 Å². The van der Waals surface area contributed by atoms with Gasteiger partial charge in [-0.25, -0.2) is 4.98 Å². The predicted molar refractivity (Wildman–Crippen MR) is 66.1 cm³/mol. The molecule has 0 bridgehead atoms. The third-order valence-electron chi connectivity index (χ3n) is 2.63. The summed E-state index contributed by atoms with van der Waals surface area (Å²) in [5.41, 5.74) is 2.34. The third-order valence-corrected chi connectivity index (χ3v) is 2.63. The van der Waals surface area contributed by atoms with Crippen molar-refractivity contribution in [3.63, 3.8) is 0 Å². The number of nitrogens with one attached hydrogen (secondary N) is 1. The number of aromatic nitrogens is 2. The maximum atomic E-state index is 4.36. The van der Waals surface area contributed by atoms with Crippen molar-refractivity contribution in [2.45, 2.75) is 6.04 Å². The molecule has 1 aromatic carbocycles. The molecule has 0 radical (unpaired) electrons. The van der Waals surface area contributed by atoms with Gasteiger partial charge in [-0.3, -0.25) is 0 Å². The summed E-state index contributed by atoms with van der Waals surface area (Å²) in [6, 6.07) is 8.87. The van der Waals surface area contributed by atoms with E-state index in [1.165, 1.54) is 5.52 Å². The fourth-order valence-electron chi connectivity index (χ4n) is 1.74. The highest BCUT2D eigenvalue weighted by molar-refractivity contribution is 5.85. The van der Waals surface area contributed by atoms with Gasteiger partial charge in [-0.15, -0.1) is 24.8 Å². The summed E-state index contributed by atoms with van der Waals surface area (Å²) in [6.45, 7) is 2.14. The minimum atomic E-state index is 0. The molecule has 5 heteroatoms. The molecule has 82 valence electrons. The van der Waals surface area contributed by atoms with Crippen LogP contribution in [-0.4, -0.2) is 22.6 Å². The molecule has 2 aromatic rings. The quantitative estimate of drug-likeness (QED) is 0.834. The van der Waals surface area contributed by atoms with Crippen LogP contribution in [0.4, 0.5) is 0 Å². The van der Waals surface area contributed by atoms with E-state index in [0.29, 0.717) is 6.04 Å². The number of para-hydroxylation sites is 2. The van der Waals surface area contributed by atoms with E-state index in [1.807, 2.05) is 12.4 Å². The summed E-state index contributed by atoms with van der Waals surface area (Å²) in [4.78, 5) is 4.36. The molecule has 0 atom stereocenters. The number of nitrogens with zero attached hydrogens (tertiary/aromatic N) is 2. The van der Waals surface area contributed by atoms with Crippen LogP contribution in [0.15, 0.2) is 30.6 Å². The normalized spacial score (nSPS) is 15.2. The van der Waals surface area contributed by atoms with E-state index in [2.05, 4.69) is 33.1 Å². The number of benzene rings is 1. The lowest BCUT2D eigenvalue weighted by Crippen LogP contribution is -2.43. The van der Waals surface area contributed by atoms with Crippen LogP contribution in [0.3, 0.4) is 0 Å². The molecule has 1 N–H and O–H groups in total. The van der Waals surface area contributed by atoms with E-state index in [0.717, 1.165) is 18.6 Å². The highest BCUT2D eigenvalue weighted by Gasteiger charge is 2.19. The van der Waals surface area contributed by atoms with Crippen molar-refractivity contribution in [1.82, 2.24) is 14.9 Å². The largest absolute Gasteiger partial charge is 0.325 e. The van der Waals surface area contributed by atoms with Crippen LogP contribution in [-0.2, 0) is 0 Å². The lowest BCUT2D eigenvalue weighted by molar-refractivity contribution is 0.350. The predicted octanol–water partition coefficient (Wildman–Crippen LogP) is 2.02. The first-order chi connectivity index (χ1) is 6.45. The van der Waals surface area contributed by atoms with Gasteiger partial charge >= 0.3 is 0 Å². The van der Waals surface area contributed by atoms with Gasteiger partial charge in [0, 0.05) is 13.1 Å². The summed E-state index contributed by atoms with van der Waals surface area (Å²) in [5, 5.41) is 3.27. The van der Waals surface area contributed by atoms with Gasteiger partial charge in [0.05, 0.1) is 23.4 Å². The molecule has 3 rings (SSSR count). The van der Waals surface area contributed by atoms with Crippen LogP contribution < -0.4 is 5.32 Å². The molecule has 0 spiro atoms. The molecule has 1 aromatic heterocycles. The third kappa shape index (κ3) is 1.95. The maximum absolute atomic E-state index is 4.36. The lowest BCUT2D eigenvalue weighted by Gasteiger charge is -2.28. The maximum Gasteiger partial charge on any atom is 0.0961 e. The molecular formula is C10H13Cl2N3. The Bertz CT molecular complexity index is 437. The summed E-state index contributed by atoms with van der Waals surface area (Å²) >= 11 is 0. The molecule has 1 aliphatic heterocycles. The zero-order chi connectivity index (χ0) is 8.67. The molecule has 0 amide bonds. The van der Waals surface area contributed by atoms with E-state index in [9.17, 15) is 0 Å². The monoisotopic (exact) mass is 245 g/mol. The summed E-state index contributed by atoms with van der Waals surface area (Å²) in [5.74, 6) is 0. The zero-order valence-electron chi connectivity index (χ0n) is 8.09. The lowest BCUT2D eigenvalue weighted by atomic mass is 10.2. The number of imidazole rings is 1. The number of hydrogen-bond donors (Lipinski definition) is 1. The average molecular weight is 246 g/mol. The summed E-state index contributed by atoms with van der Waals surface area (Å²) in [7, 11) is 0. The number of halogens is 2. The Hall–Kier alpha value is -0.770. The summed E-state index contributed by atoms with van der Waals surface area (Å²) < 4.78 is 2.26. The second-order valence-electron chi connectivity index (χ2n) is 3.45. The standard InChI is InChI=1S/C10H11N3.2ClH/c1-2-4-10-9(3-1)12-7-13(10)8-5-11-6-8;;/h1-4,7-8,11H,5-6H2;2*1H. The molecule has 2 heterocycles. The first-order valence-electron chi connectivity index (χ1n) is 4.57. The molecule has 3 nitrogen and oxygen atoms in total. The molecule has 15 heavy (non-hydrogen) atoms. The van der Waals surface area contributed by atoms with E-state index in [1.54, 1.807) is 0 Å². The Kier molecular flexibility index (Phi) is 3.97. The van der Waals surface area contributed by atoms with Gasteiger partial charge < -0.3 is 9.88 Å². The van der Waals surface area contributed by atoms with Crippen molar-refractivity contribution in [1.29, 1.82) is 0 Å². The van der Waals surface area contributed by atoms with Crippen molar-refractivity contribution in [3.8, 4) is 0 Å². The van der Waals surface area contributed by atoms with Gasteiger partial charge in [-0.05, 0) is 12.1 Å². The van der Waals surface area contributed by atoms with Crippen molar-refractivity contribution < 1.29 is 0 Å². The van der Waals surface area contributed by atoms with E-state index in [4.69, 9.17) is 0 Å². The molecule has 1 aliphatic rings. The Labute approximate surface area is 101 Å². The number of hydrogen-bond acceptors (Lipinski definition) is 2. The van der Waals surface area contributed by atoms with Gasteiger partial charge in [-0.1, -0.05) is 12.1 Å². The fourth-order valence-corrected chi connectivity index (χ4v) is 1.74. The van der Waals surface area contributed by atoms with Gasteiger partial charge in [0.1, 0.15) is 0 Å². The van der Waals surface area contributed by atoms with Crippen molar-refractivity contribution in [2.24, 2.45) is 0 Å². The van der Waals surface area contributed by atoms with Gasteiger partial charge in [0.25, 0.3) is 0 Å². The van der Waals surface area contributed by atoms with Crippen molar-refractivity contribution in [2.75, 3.05) is 13.1 Å². The SMILES string of the molecule is Cl.Cl.c1ccc2c(c1)ncn2C1CNC1. The van der Waals surface area contributed by atoms with Gasteiger partial charge in [-0.2, -0.15) is 0 Å². The molecule has 0 unspecified atom stereocenters. The van der Waals surface area contributed by atoms with Gasteiger partial charge in [0.2, 0.25) is 0 Å². The first kappa shape index (κ1) is 12.3. The van der Waals surface area contributed by atoms with E-state index in [-0.39, 0.29) is 24.8 Å². The Morgan fingerprint density at radius 3 is 2.60 bits per heavy atom. The molecular weight excluding hydrogens is 233 g/mol. The highest BCUT2D eigenvalue weighted by Crippen LogP contribution is 2.19. The Balaban J connectivity index is 0.000000562. The topological polar surface area (TPSA) is 29.9 Å². The summed E-state index contributed by atoms with van der Waals surface area (Å²) in [6.07, 6.45) is 1.94. The molecule has 1 saturated heterocycles. The Morgan fingerprint density at radius 1 is 1.20 bits per heavy atom. The number of rotatable bonds is 1. The van der Waals surface area contributed by atoms with Gasteiger partial charge in [0.15, 0.2) is 0 Å². The molecule has 1 fully saturated rings. The second-order valence-corrected chi connectivity index (χ2v) is 3.45. The van der Waals surface area contributed by atoms with Crippen molar-refractivity contribution in [3.05, 3.63) is 30.6 Å². The van der Waals surface area contributed by atoms with E-state index < -0.39 is 0 Å². The minimum Gasteiger partial charge on any atom is -0.325 e. The zero-order valence-corrected chi connectivity index (χ0v) is 9.72. The van der Waals surface area contributed by atoms with E-state index >= 15 is 0 Å². The van der Waals surface area contributed by atoms with Crippen LogP contribution in [0.2, 0.25) is 0 Å². The highest BCUT2D eigenvalue weighted by atomic mass is 35.5. The van der Waals surface area contributed by atoms with Crippen LogP contribution >= 0.6 is 24.8 Å². The number of fused-ring (bicyclic) bond motifs is 1. The first-order valence-corrected chi connectivity index (χ1v) is 4.57.